The number of hydrogen-bond donors (Lipinski definition) is 2. The summed E-state index contributed by atoms with van der Waals surface area (Å²) in [4.78, 5) is 18.3. The van der Waals surface area contributed by atoms with Gasteiger partial charge in [0, 0.05) is 28.9 Å². The predicted molar refractivity (Wildman–Crippen MR) is 103 cm³/mol. The summed E-state index contributed by atoms with van der Waals surface area (Å²) >= 11 is 0. The van der Waals surface area contributed by atoms with Gasteiger partial charge in [-0.1, -0.05) is 32.0 Å². The van der Waals surface area contributed by atoms with Gasteiger partial charge in [-0.25, -0.2) is 0 Å². The fourth-order valence-electron chi connectivity index (χ4n) is 3.16. The lowest BCUT2D eigenvalue weighted by atomic mass is 10.0. The largest absolute Gasteiger partial charge is 0.481 e. The van der Waals surface area contributed by atoms with Crippen molar-refractivity contribution in [2.45, 2.75) is 40.0 Å². The molecule has 0 aliphatic heterocycles. The van der Waals surface area contributed by atoms with E-state index in [-0.39, 0.29) is 6.42 Å². The molecule has 0 amide bonds. The van der Waals surface area contributed by atoms with Crippen LogP contribution in [-0.2, 0) is 11.2 Å². The molecule has 1 aromatic heterocycles. The molecule has 5 heteroatoms. The first-order valence-corrected chi connectivity index (χ1v) is 9.13. The Kier molecular flexibility index (Phi) is 7.19. The fourth-order valence-corrected chi connectivity index (χ4v) is 3.16. The topological polar surface area (TPSA) is 65.5 Å². The number of hydrogen-bond acceptors (Lipinski definition) is 4. The molecule has 1 aromatic carbocycles. The van der Waals surface area contributed by atoms with Crippen LogP contribution < -0.4 is 5.32 Å². The van der Waals surface area contributed by atoms with E-state index in [9.17, 15) is 9.90 Å². The number of nitrogens with zero attached hydrogens (tertiary/aromatic N) is 2. The molecule has 0 fully saturated rings. The van der Waals surface area contributed by atoms with E-state index in [1.807, 2.05) is 31.2 Å². The SMILES string of the molecule is CCN(CC)CCCCNc1c(CC(=O)O)c(C)nc2ccccc12. The molecule has 0 unspecified atom stereocenters. The highest BCUT2D eigenvalue weighted by atomic mass is 16.4. The van der Waals surface area contributed by atoms with Crippen molar-refractivity contribution in [1.82, 2.24) is 9.88 Å². The van der Waals surface area contributed by atoms with Gasteiger partial charge in [-0.3, -0.25) is 9.78 Å². The quantitative estimate of drug-likeness (QED) is 0.644. The van der Waals surface area contributed by atoms with Gasteiger partial charge in [-0.2, -0.15) is 0 Å². The van der Waals surface area contributed by atoms with Gasteiger partial charge in [0.25, 0.3) is 0 Å². The molecule has 1 heterocycles. The van der Waals surface area contributed by atoms with Crippen LogP contribution in [0.25, 0.3) is 10.9 Å². The van der Waals surface area contributed by atoms with Crippen LogP contribution in [0.5, 0.6) is 0 Å². The third kappa shape index (κ3) is 5.16. The number of benzene rings is 1. The monoisotopic (exact) mass is 343 g/mol. The molecule has 2 aromatic rings. The number of para-hydroxylation sites is 1. The minimum absolute atomic E-state index is 0.00848. The number of aryl methyl sites for hydroxylation is 1. The van der Waals surface area contributed by atoms with Crippen LogP contribution in [0.4, 0.5) is 5.69 Å². The second kappa shape index (κ2) is 9.37. The zero-order chi connectivity index (χ0) is 18.2. The molecule has 0 atom stereocenters. The molecule has 0 aliphatic rings. The van der Waals surface area contributed by atoms with Crippen LogP contribution in [0.3, 0.4) is 0 Å². The normalized spacial score (nSPS) is 11.2. The van der Waals surface area contributed by atoms with Gasteiger partial charge in [-0.15, -0.1) is 0 Å². The summed E-state index contributed by atoms with van der Waals surface area (Å²) in [6.45, 7) is 10.4. The highest BCUT2D eigenvalue weighted by Crippen LogP contribution is 2.29. The van der Waals surface area contributed by atoms with Crippen molar-refractivity contribution in [2.24, 2.45) is 0 Å². The van der Waals surface area contributed by atoms with E-state index < -0.39 is 5.97 Å². The lowest BCUT2D eigenvalue weighted by Gasteiger charge is -2.19. The standard InChI is InChI=1S/C20H29N3O2/c1-4-23(5-2)13-9-8-12-21-20-16-10-6-7-11-18(16)22-15(3)17(20)14-19(24)25/h6-7,10-11H,4-5,8-9,12-14H2,1-3H3,(H,21,22)(H,24,25). The minimum Gasteiger partial charge on any atom is -0.481 e. The van der Waals surface area contributed by atoms with E-state index in [2.05, 4.69) is 29.0 Å². The van der Waals surface area contributed by atoms with E-state index in [1.54, 1.807) is 0 Å². The van der Waals surface area contributed by atoms with Crippen LogP contribution in [0.15, 0.2) is 24.3 Å². The summed E-state index contributed by atoms with van der Waals surface area (Å²) in [6, 6.07) is 7.90. The van der Waals surface area contributed by atoms with Crippen LogP contribution in [0.2, 0.25) is 0 Å². The maximum absolute atomic E-state index is 11.3. The first kappa shape index (κ1) is 19.2. The van der Waals surface area contributed by atoms with Gasteiger partial charge in [0.05, 0.1) is 11.9 Å². The molecular formula is C20H29N3O2. The molecule has 0 aliphatic carbocycles. The Morgan fingerprint density at radius 1 is 1.20 bits per heavy atom. The minimum atomic E-state index is -0.829. The number of pyridine rings is 1. The zero-order valence-corrected chi connectivity index (χ0v) is 15.5. The number of anilines is 1. The maximum Gasteiger partial charge on any atom is 0.307 e. The molecule has 0 spiro atoms. The number of nitrogens with one attached hydrogen (secondary N) is 1. The Hall–Kier alpha value is -2.14. The van der Waals surface area contributed by atoms with Crippen molar-refractivity contribution in [2.75, 3.05) is 31.5 Å². The molecular weight excluding hydrogens is 314 g/mol. The fraction of sp³-hybridized carbons (Fsp3) is 0.500. The van der Waals surface area contributed by atoms with Crippen molar-refractivity contribution in [3.63, 3.8) is 0 Å². The Labute approximate surface area is 150 Å². The van der Waals surface area contributed by atoms with Crippen molar-refractivity contribution >= 4 is 22.6 Å². The molecule has 0 saturated carbocycles. The van der Waals surface area contributed by atoms with Gasteiger partial charge in [-0.05, 0) is 45.5 Å². The number of unbranched alkanes of at least 4 members (excludes halogenated alkanes) is 1. The highest BCUT2D eigenvalue weighted by molar-refractivity contribution is 5.94. The van der Waals surface area contributed by atoms with E-state index >= 15 is 0 Å². The van der Waals surface area contributed by atoms with Crippen molar-refractivity contribution in [1.29, 1.82) is 0 Å². The third-order valence-electron chi connectivity index (χ3n) is 4.63. The zero-order valence-electron chi connectivity index (χ0n) is 15.5. The van der Waals surface area contributed by atoms with Crippen LogP contribution in [0, 0.1) is 6.92 Å². The number of rotatable bonds is 10. The first-order chi connectivity index (χ1) is 12.1. The number of carboxylic acids is 1. The first-order valence-electron chi connectivity index (χ1n) is 9.13. The van der Waals surface area contributed by atoms with Gasteiger partial charge in [0.15, 0.2) is 0 Å². The number of carbonyl (C=O) groups is 1. The molecule has 0 radical (unpaired) electrons. The van der Waals surface area contributed by atoms with Crippen LogP contribution in [0.1, 0.15) is 37.9 Å². The molecule has 5 nitrogen and oxygen atoms in total. The summed E-state index contributed by atoms with van der Waals surface area (Å²) in [5.41, 5.74) is 3.40. The van der Waals surface area contributed by atoms with Crippen molar-refractivity contribution in [3.8, 4) is 0 Å². The van der Waals surface area contributed by atoms with Gasteiger partial charge < -0.3 is 15.3 Å². The van der Waals surface area contributed by atoms with E-state index in [4.69, 9.17) is 0 Å². The average Bonchev–Trinajstić information content (AvgIpc) is 2.60. The Balaban J connectivity index is 2.13. The summed E-state index contributed by atoms with van der Waals surface area (Å²) in [7, 11) is 0. The van der Waals surface area contributed by atoms with Crippen molar-refractivity contribution in [3.05, 3.63) is 35.5 Å². The summed E-state index contributed by atoms with van der Waals surface area (Å²) in [5, 5.41) is 13.7. The lowest BCUT2D eigenvalue weighted by molar-refractivity contribution is -0.136. The predicted octanol–water partition coefficient (Wildman–Crippen LogP) is 3.70. The smallest absolute Gasteiger partial charge is 0.307 e. The molecule has 2 N–H and O–H groups in total. The summed E-state index contributed by atoms with van der Waals surface area (Å²) < 4.78 is 0. The highest BCUT2D eigenvalue weighted by Gasteiger charge is 2.15. The van der Waals surface area contributed by atoms with E-state index in [0.29, 0.717) is 0 Å². The summed E-state index contributed by atoms with van der Waals surface area (Å²) in [5.74, 6) is -0.829. The van der Waals surface area contributed by atoms with Gasteiger partial charge >= 0.3 is 5.97 Å². The lowest BCUT2D eigenvalue weighted by Crippen LogP contribution is -2.24. The number of carboxylic acid groups (broad SMARTS) is 1. The second-order valence-corrected chi connectivity index (χ2v) is 6.30. The van der Waals surface area contributed by atoms with Crippen LogP contribution >= 0.6 is 0 Å². The second-order valence-electron chi connectivity index (χ2n) is 6.30. The number of fused-ring (bicyclic) bond motifs is 1. The average molecular weight is 343 g/mol. The molecule has 0 saturated heterocycles. The maximum atomic E-state index is 11.3. The van der Waals surface area contributed by atoms with E-state index in [1.165, 1.54) is 0 Å². The number of aliphatic carboxylic acids is 1. The van der Waals surface area contributed by atoms with E-state index in [0.717, 1.165) is 66.9 Å². The molecule has 0 bridgehead atoms. The third-order valence-corrected chi connectivity index (χ3v) is 4.63. The van der Waals surface area contributed by atoms with Gasteiger partial charge in [0.2, 0.25) is 0 Å². The molecule has 25 heavy (non-hydrogen) atoms. The van der Waals surface area contributed by atoms with Crippen LogP contribution in [-0.4, -0.2) is 47.1 Å². The van der Waals surface area contributed by atoms with Gasteiger partial charge in [0.1, 0.15) is 0 Å². The Morgan fingerprint density at radius 2 is 1.92 bits per heavy atom. The Bertz CT molecular complexity index is 711. The number of aromatic nitrogens is 1. The molecule has 2 rings (SSSR count). The Morgan fingerprint density at radius 3 is 2.60 bits per heavy atom. The van der Waals surface area contributed by atoms with Crippen molar-refractivity contribution < 1.29 is 9.90 Å². The molecule has 136 valence electrons. The summed E-state index contributed by atoms with van der Waals surface area (Å²) in [6.07, 6.45) is 2.18.